The molecule has 3 unspecified atom stereocenters. The van der Waals surface area contributed by atoms with Gasteiger partial charge in [-0.05, 0) is 42.8 Å². The van der Waals surface area contributed by atoms with Crippen LogP contribution in [0.2, 0.25) is 10.0 Å². The Morgan fingerprint density at radius 3 is 2.49 bits per heavy atom. The van der Waals surface area contributed by atoms with Crippen molar-refractivity contribution in [3.63, 3.8) is 0 Å². The van der Waals surface area contributed by atoms with E-state index in [0.717, 1.165) is 9.25 Å². The normalized spacial score (nSPS) is 17.7. The molecule has 39 heavy (non-hydrogen) atoms. The van der Waals surface area contributed by atoms with Crippen molar-refractivity contribution in [1.29, 1.82) is 0 Å². The minimum atomic E-state index is -4.93. The molecule has 0 radical (unpaired) electrons. The van der Waals surface area contributed by atoms with Gasteiger partial charge in [0.1, 0.15) is 25.1 Å². The average molecular weight is 585 g/mol. The first-order valence-corrected chi connectivity index (χ1v) is 12.2. The molecule has 3 heterocycles. The lowest BCUT2D eigenvalue weighted by Gasteiger charge is -2.22. The lowest BCUT2D eigenvalue weighted by Crippen LogP contribution is -2.50. The van der Waals surface area contributed by atoms with E-state index in [1.54, 1.807) is 12.1 Å². The molecule has 204 valence electrons. The SMILES string of the molecule is O=C(NC(Cn1c(-c2ccc(Cl)cc2)nn(Cc2ncn(-c3ncccc3Cl)n2)c1=O)C(F)(F)F)C1CC1F. The van der Waals surface area contributed by atoms with Crippen molar-refractivity contribution in [2.75, 3.05) is 0 Å². The van der Waals surface area contributed by atoms with Gasteiger partial charge in [-0.2, -0.15) is 13.2 Å². The van der Waals surface area contributed by atoms with Gasteiger partial charge in [-0.25, -0.2) is 28.5 Å². The van der Waals surface area contributed by atoms with Gasteiger partial charge in [-0.15, -0.1) is 10.2 Å². The summed E-state index contributed by atoms with van der Waals surface area (Å²) in [6.07, 6.45) is -3.75. The van der Waals surface area contributed by atoms with Crippen LogP contribution >= 0.6 is 23.2 Å². The molecule has 4 aromatic rings. The van der Waals surface area contributed by atoms with Crippen molar-refractivity contribution in [1.82, 2.24) is 39.4 Å². The Kier molecular flexibility index (Phi) is 7.16. The first kappa shape index (κ1) is 26.8. The molecule has 1 amide bonds. The quantitative estimate of drug-likeness (QED) is 0.317. The largest absolute Gasteiger partial charge is 0.410 e. The molecule has 10 nitrogen and oxygen atoms in total. The average Bonchev–Trinajstić information content (AvgIpc) is 3.31. The van der Waals surface area contributed by atoms with Crippen molar-refractivity contribution in [3.8, 4) is 17.2 Å². The van der Waals surface area contributed by atoms with Crippen LogP contribution in [-0.2, 0) is 17.9 Å². The molecule has 3 aromatic heterocycles. The van der Waals surface area contributed by atoms with Gasteiger partial charge < -0.3 is 5.32 Å². The second-order valence-corrected chi connectivity index (χ2v) is 9.60. The highest BCUT2D eigenvalue weighted by Crippen LogP contribution is 2.34. The number of nitrogens with one attached hydrogen (secondary N) is 1. The van der Waals surface area contributed by atoms with Crippen LogP contribution in [0.25, 0.3) is 17.2 Å². The lowest BCUT2D eigenvalue weighted by molar-refractivity contribution is -0.164. The molecule has 1 saturated carbocycles. The fraction of sp³-hybridized carbons (Fsp3) is 0.304. The number of hydrogen-bond acceptors (Lipinski definition) is 6. The van der Waals surface area contributed by atoms with E-state index in [2.05, 4.69) is 20.2 Å². The molecule has 0 saturated heterocycles. The fourth-order valence-electron chi connectivity index (χ4n) is 3.80. The van der Waals surface area contributed by atoms with E-state index in [1.807, 2.05) is 5.32 Å². The molecule has 0 bridgehead atoms. The third kappa shape index (κ3) is 5.81. The van der Waals surface area contributed by atoms with E-state index < -0.39 is 42.4 Å². The number of pyridine rings is 1. The summed E-state index contributed by atoms with van der Waals surface area (Å²) in [6.45, 7) is -1.29. The fourth-order valence-corrected chi connectivity index (χ4v) is 4.13. The van der Waals surface area contributed by atoms with Crippen molar-refractivity contribution in [3.05, 3.63) is 75.3 Å². The highest BCUT2D eigenvalue weighted by atomic mass is 35.5. The van der Waals surface area contributed by atoms with Crippen molar-refractivity contribution < 1.29 is 22.4 Å². The summed E-state index contributed by atoms with van der Waals surface area (Å²) in [7, 11) is 0. The van der Waals surface area contributed by atoms with Crippen molar-refractivity contribution in [2.45, 2.75) is 37.9 Å². The molecular weight excluding hydrogens is 567 g/mol. The van der Waals surface area contributed by atoms with Crippen LogP contribution in [0.4, 0.5) is 17.6 Å². The van der Waals surface area contributed by atoms with Gasteiger partial charge in [0.05, 0.1) is 17.5 Å². The summed E-state index contributed by atoms with van der Waals surface area (Å²) >= 11 is 12.1. The van der Waals surface area contributed by atoms with Gasteiger partial charge in [0.25, 0.3) is 0 Å². The molecule has 5 rings (SSSR count). The lowest BCUT2D eigenvalue weighted by atomic mass is 10.2. The number of alkyl halides is 4. The maximum atomic E-state index is 13.9. The minimum Gasteiger partial charge on any atom is -0.343 e. The van der Waals surface area contributed by atoms with Gasteiger partial charge in [0, 0.05) is 16.8 Å². The minimum absolute atomic E-state index is 0.106. The van der Waals surface area contributed by atoms with Crippen LogP contribution in [0, 0.1) is 5.92 Å². The summed E-state index contributed by atoms with van der Waals surface area (Å²) < 4.78 is 58.0. The number of halogens is 6. The standard InChI is InChI=1S/C23H18Cl2F4N8O2/c24-13-5-3-12(4-6-13)19-34-36(10-18-31-11-37(33-18)20-15(25)2-1-7-30-20)22(39)35(19)9-17(23(27,28)29)32-21(38)14-8-16(14)26/h1-7,11,14,16-17H,8-10H2,(H,32,38). The molecule has 0 spiro atoms. The molecule has 1 fully saturated rings. The van der Waals surface area contributed by atoms with E-state index in [0.29, 0.717) is 15.6 Å². The maximum Gasteiger partial charge on any atom is 0.410 e. The molecule has 1 aliphatic carbocycles. The zero-order chi connectivity index (χ0) is 27.9. The molecule has 1 aliphatic rings. The van der Waals surface area contributed by atoms with E-state index in [-0.39, 0.29) is 30.4 Å². The predicted molar refractivity (Wildman–Crippen MR) is 131 cm³/mol. The monoisotopic (exact) mass is 584 g/mol. The number of carbonyl (C=O) groups excluding carboxylic acids is 1. The second kappa shape index (κ2) is 10.4. The Labute approximate surface area is 227 Å². The highest BCUT2D eigenvalue weighted by Gasteiger charge is 2.48. The molecular formula is C23H18Cl2F4N8O2. The Hall–Kier alpha value is -3.78. The van der Waals surface area contributed by atoms with E-state index >= 15 is 0 Å². The molecule has 1 aromatic carbocycles. The number of nitrogens with zero attached hydrogens (tertiary/aromatic N) is 7. The highest BCUT2D eigenvalue weighted by molar-refractivity contribution is 6.32. The Morgan fingerprint density at radius 2 is 1.85 bits per heavy atom. The summed E-state index contributed by atoms with van der Waals surface area (Å²) in [5.41, 5.74) is -0.613. The zero-order valence-electron chi connectivity index (χ0n) is 19.7. The van der Waals surface area contributed by atoms with Gasteiger partial charge in [-0.3, -0.25) is 9.36 Å². The zero-order valence-corrected chi connectivity index (χ0v) is 21.2. The summed E-state index contributed by atoms with van der Waals surface area (Å²) in [6, 6.07) is 6.71. The molecule has 3 atom stereocenters. The van der Waals surface area contributed by atoms with Crippen molar-refractivity contribution in [2.24, 2.45) is 5.92 Å². The number of hydrogen-bond donors (Lipinski definition) is 1. The van der Waals surface area contributed by atoms with Gasteiger partial charge >= 0.3 is 11.9 Å². The maximum absolute atomic E-state index is 13.9. The Morgan fingerprint density at radius 1 is 1.13 bits per heavy atom. The van der Waals surface area contributed by atoms with E-state index in [4.69, 9.17) is 23.2 Å². The number of rotatable bonds is 8. The number of aromatic nitrogens is 7. The van der Waals surface area contributed by atoms with Crippen LogP contribution in [0.1, 0.15) is 12.2 Å². The van der Waals surface area contributed by atoms with Crippen LogP contribution < -0.4 is 11.0 Å². The van der Waals surface area contributed by atoms with Gasteiger partial charge in [0.2, 0.25) is 5.91 Å². The first-order chi connectivity index (χ1) is 18.5. The van der Waals surface area contributed by atoms with Gasteiger partial charge in [-0.1, -0.05) is 23.2 Å². The molecule has 1 N–H and O–H groups in total. The first-order valence-electron chi connectivity index (χ1n) is 11.5. The summed E-state index contributed by atoms with van der Waals surface area (Å²) in [5.74, 6) is -1.93. The Bertz CT molecular complexity index is 1570. The van der Waals surface area contributed by atoms with Gasteiger partial charge in [0.15, 0.2) is 17.5 Å². The van der Waals surface area contributed by atoms with Crippen LogP contribution in [0.3, 0.4) is 0 Å². The van der Waals surface area contributed by atoms with E-state index in [1.165, 1.54) is 41.5 Å². The second-order valence-electron chi connectivity index (χ2n) is 8.76. The van der Waals surface area contributed by atoms with Crippen molar-refractivity contribution >= 4 is 29.1 Å². The predicted octanol–water partition coefficient (Wildman–Crippen LogP) is 3.45. The third-order valence-corrected chi connectivity index (χ3v) is 6.48. The van der Waals surface area contributed by atoms with E-state index in [9.17, 15) is 27.2 Å². The third-order valence-electron chi connectivity index (χ3n) is 5.94. The summed E-state index contributed by atoms with van der Waals surface area (Å²) in [5, 5.41) is 11.0. The molecule has 16 heteroatoms. The van der Waals surface area contributed by atoms with Crippen LogP contribution in [-0.4, -0.2) is 58.4 Å². The Balaban J connectivity index is 1.49. The number of amides is 1. The van der Waals surface area contributed by atoms with Crippen LogP contribution in [0.5, 0.6) is 0 Å². The topological polar surface area (TPSA) is 113 Å². The number of benzene rings is 1. The number of carbonyl (C=O) groups is 1. The molecule has 0 aliphatic heterocycles. The summed E-state index contributed by atoms with van der Waals surface area (Å²) in [4.78, 5) is 33.7. The smallest absolute Gasteiger partial charge is 0.343 e. The van der Waals surface area contributed by atoms with Crippen LogP contribution in [0.15, 0.2) is 53.7 Å².